The molecule has 1 aromatic carbocycles. The van der Waals surface area contributed by atoms with Crippen LogP contribution in [0.15, 0.2) is 28.8 Å². The Morgan fingerprint density at radius 2 is 2.00 bits per heavy atom. The van der Waals surface area contributed by atoms with Gasteiger partial charge in [0.15, 0.2) is 5.82 Å². The number of hydrogen-bond donors (Lipinski definition) is 0. The average molecular weight is 289 g/mol. The summed E-state index contributed by atoms with van der Waals surface area (Å²) >= 11 is 0. The number of aryl methyl sites for hydroxylation is 1. The molecule has 6 heteroatoms. The first kappa shape index (κ1) is 15.0. The van der Waals surface area contributed by atoms with Crippen molar-refractivity contribution in [1.29, 1.82) is 0 Å². The molecular formula is C15H19N3O3. The van der Waals surface area contributed by atoms with Crippen LogP contribution in [0.2, 0.25) is 0 Å². The summed E-state index contributed by atoms with van der Waals surface area (Å²) in [7, 11) is 1.62. The highest BCUT2D eigenvalue weighted by atomic mass is 16.5. The Hall–Kier alpha value is -2.37. The average Bonchev–Trinajstić information content (AvgIpc) is 2.91. The van der Waals surface area contributed by atoms with E-state index in [2.05, 4.69) is 10.1 Å². The number of anilines is 1. The molecule has 6 nitrogen and oxygen atoms in total. The zero-order chi connectivity index (χ0) is 15.4. The molecule has 0 spiro atoms. The van der Waals surface area contributed by atoms with Crippen molar-refractivity contribution in [2.75, 3.05) is 12.0 Å². The fourth-order valence-electron chi connectivity index (χ4n) is 1.86. The molecule has 1 aromatic heterocycles. The number of carbonyl (C=O) groups is 1. The standard InChI is InChI=1S/C15H19N3O3/c1-10(2)14(19)18(15-16-11(3)17-21-15)9-12-5-7-13(20-4)8-6-12/h5-8,10H,9H2,1-4H3. The van der Waals surface area contributed by atoms with Gasteiger partial charge in [0.25, 0.3) is 0 Å². The molecule has 0 aliphatic carbocycles. The lowest BCUT2D eigenvalue weighted by Gasteiger charge is -2.20. The van der Waals surface area contributed by atoms with Crippen molar-refractivity contribution in [3.8, 4) is 5.75 Å². The van der Waals surface area contributed by atoms with Gasteiger partial charge in [-0.05, 0) is 24.6 Å². The Morgan fingerprint density at radius 3 is 2.48 bits per heavy atom. The Kier molecular flexibility index (Phi) is 4.57. The van der Waals surface area contributed by atoms with Gasteiger partial charge in [0.1, 0.15) is 5.75 Å². The molecule has 21 heavy (non-hydrogen) atoms. The van der Waals surface area contributed by atoms with E-state index in [0.29, 0.717) is 12.4 Å². The van der Waals surface area contributed by atoms with Crippen LogP contribution in [0.1, 0.15) is 25.2 Å². The summed E-state index contributed by atoms with van der Waals surface area (Å²) in [5, 5.41) is 3.75. The molecule has 0 atom stereocenters. The minimum atomic E-state index is -0.157. The number of amides is 1. The van der Waals surface area contributed by atoms with Crippen molar-refractivity contribution >= 4 is 11.9 Å². The number of benzene rings is 1. The number of hydrogen-bond acceptors (Lipinski definition) is 5. The van der Waals surface area contributed by atoms with Crippen LogP contribution in [-0.4, -0.2) is 23.2 Å². The summed E-state index contributed by atoms with van der Waals surface area (Å²) < 4.78 is 10.3. The number of rotatable bonds is 5. The first-order chi connectivity index (χ1) is 10.0. The molecule has 2 aromatic rings. The van der Waals surface area contributed by atoms with Crippen LogP contribution >= 0.6 is 0 Å². The van der Waals surface area contributed by atoms with Crippen molar-refractivity contribution in [2.24, 2.45) is 5.92 Å². The second-order valence-electron chi connectivity index (χ2n) is 5.05. The zero-order valence-electron chi connectivity index (χ0n) is 12.7. The summed E-state index contributed by atoms with van der Waals surface area (Å²) in [5.74, 6) is 1.06. The molecule has 0 saturated carbocycles. The molecule has 0 aliphatic heterocycles. The van der Waals surface area contributed by atoms with E-state index in [4.69, 9.17) is 9.26 Å². The molecule has 0 saturated heterocycles. The van der Waals surface area contributed by atoms with Gasteiger partial charge in [-0.1, -0.05) is 31.1 Å². The number of methoxy groups -OCH3 is 1. The van der Waals surface area contributed by atoms with E-state index in [-0.39, 0.29) is 17.8 Å². The first-order valence-electron chi connectivity index (χ1n) is 6.76. The summed E-state index contributed by atoms with van der Waals surface area (Å²) in [4.78, 5) is 18.0. The van der Waals surface area contributed by atoms with Crippen LogP contribution in [0.4, 0.5) is 6.01 Å². The summed E-state index contributed by atoms with van der Waals surface area (Å²) in [5.41, 5.74) is 0.959. The number of nitrogens with zero attached hydrogens (tertiary/aromatic N) is 3. The third-order valence-corrected chi connectivity index (χ3v) is 3.01. The maximum atomic E-state index is 12.4. The summed E-state index contributed by atoms with van der Waals surface area (Å²) in [6.45, 7) is 5.78. The monoisotopic (exact) mass is 289 g/mol. The SMILES string of the molecule is COc1ccc(CN(C(=O)C(C)C)c2nc(C)no2)cc1. The summed E-state index contributed by atoms with van der Waals surface area (Å²) in [6, 6.07) is 7.74. The van der Waals surface area contributed by atoms with Crippen LogP contribution in [0.3, 0.4) is 0 Å². The van der Waals surface area contributed by atoms with Gasteiger partial charge in [-0.3, -0.25) is 9.69 Å². The van der Waals surface area contributed by atoms with E-state index in [9.17, 15) is 4.79 Å². The highest BCUT2D eigenvalue weighted by Gasteiger charge is 2.23. The van der Waals surface area contributed by atoms with Gasteiger partial charge in [0.2, 0.25) is 5.91 Å². The Balaban J connectivity index is 2.24. The lowest BCUT2D eigenvalue weighted by atomic mass is 10.1. The van der Waals surface area contributed by atoms with E-state index in [1.807, 2.05) is 38.1 Å². The molecule has 0 aliphatic rings. The molecule has 2 rings (SSSR count). The largest absolute Gasteiger partial charge is 0.497 e. The summed E-state index contributed by atoms with van der Waals surface area (Å²) in [6.07, 6.45) is 0. The van der Waals surface area contributed by atoms with E-state index in [0.717, 1.165) is 11.3 Å². The van der Waals surface area contributed by atoms with E-state index in [1.165, 1.54) is 4.90 Å². The van der Waals surface area contributed by atoms with Gasteiger partial charge >= 0.3 is 6.01 Å². The van der Waals surface area contributed by atoms with Gasteiger partial charge in [0, 0.05) is 5.92 Å². The molecule has 1 heterocycles. The maximum Gasteiger partial charge on any atom is 0.331 e. The fourth-order valence-corrected chi connectivity index (χ4v) is 1.86. The third-order valence-electron chi connectivity index (χ3n) is 3.01. The van der Waals surface area contributed by atoms with Gasteiger partial charge in [0.05, 0.1) is 13.7 Å². The Morgan fingerprint density at radius 1 is 1.33 bits per heavy atom. The smallest absolute Gasteiger partial charge is 0.331 e. The van der Waals surface area contributed by atoms with Gasteiger partial charge < -0.3 is 9.26 Å². The number of carbonyl (C=O) groups excluding carboxylic acids is 1. The normalized spacial score (nSPS) is 10.7. The van der Waals surface area contributed by atoms with Gasteiger partial charge in [-0.15, -0.1) is 0 Å². The molecule has 0 bridgehead atoms. The van der Waals surface area contributed by atoms with Gasteiger partial charge in [-0.2, -0.15) is 4.98 Å². The third kappa shape index (κ3) is 3.59. The van der Waals surface area contributed by atoms with Crippen molar-refractivity contribution in [2.45, 2.75) is 27.3 Å². The lowest BCUT2D eigenvalue weighted by molar-refractivity contribution is -0.121. The molecule has 1 amide bonds. The maximum absolute atomic E-state index is 12.4. The molecule has 0 N–H and O–H groups in total. The van der Waals surface area contributed by atoms with Crippen molar-refractivity contribution in [3.63, 3.8) is 0 Å². The lowest BCUT2D eigenvalue weighted by Crippen LogP contribution is -2.34. The Labute approximate surface area is 123 Å². The number of aromatic nitrogens is 2. The van der Waals surface area contributed by atoms with Crippen LogP contribution in [0.5, 0.6) is 5.75 Å². The van der Waals surface area contributed by atoms with Crippen molar-refractivity contribution in [3.05, 3.63) is 35.7 Å². The fraction of sp³-hybridized carbons (Fsp3) is 0.400. The minimum Gasteiger partial charge on any atom is -0.497 e. The Bertz CT molecular complexity index is 605. The molecule has 112 valence electrons. The first-order valence-corrected chi connectivity index (χ1v) is 6.76. The van der Waals surface area contributed by atoms with E-state index in [1.54, 1.807) is 14.0 Å². The predicted molar refractivity (Wildman–Crippen MR) is 78.1 cm³/mol. The van der Waals surface area contributed by atoms with Crippen LogP contribution in [0, 0.1) is 12.8 Å². The van der Waals surface area contributed by atoms with Crippen LogP contribution in [-0.2, 0) is 11.3 Å². The molecule has 0 unspecified atom stereocenters. The highest BCUT2D eigenvalue weighted by molar-refractivity contribution is 5.92. The predicted octanol–water partition coefficient (Wildman–Crippen LogP) is 2.58. The molecule has 0 fully saturated rings. The molecular weight excluding hydrogens is 270 g/mol. The second-order valence-corrected chi connectivity index (χ2v) is 5.05. The van der Waals surface area contributed by atoms with Gasteiger partial charge in [-0.25, -0.2) is 0 Å². The zero-order valence-corrected chi connectivity index (χ0v) is 12.7. The highest BCUT2D eigenvalue weighted by Crippen LogP contribution is 2.19. The quantitative estimate of drug-likeness (QED) is 0.846. The second kappa shape index (κ2) is 6.39. The minimum absolute atomic E-state index is 0.0607. The van der Waals surface area contributed by atoms with Crippen molar-refractivity contribution in [1.82, 2.24) is 10.1 Å². The van der Waals surface area contributed by atoms with Crippen LogP contribution in [0.25, 0.3) is 0 Å². The molecule has 0 radical (unpaired) electrons. The topological polar surface area (TPSA) is 68.5 Å². The van der Waals surface area contributed by atoms with E-state index < -0.39 is 0 Å². The van der Waals surface area contributed by atoms with E-state index >= 15 is 0 Å². The van der Waals surface area contributed by atoms with Crippen molar-refractivity contribution < 1.29 is 14.1 Å². The van der Waals surface area contributed by atoms with Crippen LogP contribution < -0.4 is 9.64 Å². The number of ether oxygens (including phenoxy) is 1.